The molecule has 0 saturated carbocycles. The average molecular weight is 305 g/mol. The number of nitrogens with zero attached hydrogens (tertiary/aromatic N) is 1. The third kappa shape index (κ3) is 3.42. The van der Waals surface area contributed by atoms with Crippen molar-refractivity contribution in [2.75, 3.05) is 19.8 Å². The van der Waals surface area contributed by atoms with Crippen molar-refractivity contribution in [2.24, 2.45) is 5.92 Å². The molecule has 2 saturated heterocycles. The first-order valence-corrected chi connectivity index (χ1v) is 7.99. The van der Waals surface area contributed by atoms with E-state index in [-0.39, 0.29) is 30.8 Å². The fourth-order valence-corrected chi connectivity index (χ4v) is 3.38. The molecule has 2 aliphatic rings. The number of carbonyl (C=O) groups is 1. The van der Waals surface area contributed by atoms with Crippen molar-refractivity contribution >= 4 is 6.09 Å². The SMILES string of the molecule is O=C(OCc1ccccc1)N1CCCC1C1COCCC1O. The van der Waals surface area contributed by atoms with Gasteiger partial charge in [-0.2, -0.15) is 0 Å². The third-order valence-electron chi connectivity index (χ3n) is 4.60. The van der Waals surface area contributed by atoms with Crippen LogP contribution in [0.25, 0.3) is 0 Å². The summed E-state index contributed by atoms with van der Waals surface area (Å²) in [5, 5.41) is 10.2. The number of hydrogen-bond donors (Lipinski definition) is 1. The number of ether oxygens (including phenoxy) is 2. The molecule has 3 unspecified atom stereocenters. The van der Waals surface area contributed by atoms with Crippen molar-refractivity contribution in [3.05, 3.63) is 35.9 Å². The van der Waals surface area contributed by atoms with Gasteiger partial charge in [0, 0.05) is 25.1 Å². The summed E-state index contributed by atoms with van der Waals surface area (Å²) in [4.78, 5) is 14.1. The summed E-state index contributed by atoms with van der Waals surface area (Å²) in [6.07, 6.45) is 1.83. The standard InChI is InChI=1S/C17H23NO4/c19-16-8-10-21-12-14(16)15-7-4-9-18(15)17(20)22-11-13-5-2-1-3-6-13/h1-3,5-6,14-16,19H,4,7-12H2. The van der Waals surface area contributed by atoms with Gasteiger partial charge < -0.3 is 19.5 Å². The molecule has 1 aromatic rings. The number of amides is 1. The zero-order valence-corrected chi connectivity index (χ0v) is 12.7. The third-order valence-corrected chi connectivity index (χ3v) is 4.60. The normalized spacial score (nSPS) is 28.6. The zero-order chi connectivity index (χ0) is 15.4. The van der Waals surface area contributed by atoms with Gasteiger partial charge in [0.25, 0.3) is 0 Å². The smallest absolute Gasteiger partial charge is 0.410 e. The Labute approximate surface area is 130 Å². The van der Waals surface area contributed by atoms with Crippen molar-refractivity contribution in [2.45, 2.75) is 38.0 Å². The molecule has 1 N–H and O–H groups in total. The topological polar surface area (TPSA) is 59.0 Å². The predicted octanol–water partition coefficient (Wildman–Crippen LogP) is 2.19. The second kappa shape index (κ2) is 7.11. The number of carbonyl (C=O) groups excluding carboxylic acids is 1. The Morgan fingerprint density at radius 3 is 2.91 bits per heavy atom. The quantitative estimate of drug-likeness (QED) is 0.930. The number of aliphatic hydroxyl groups is 1. The average Bonchev–Trinajstić information content (AvgIpc) is 3.03. The van der Waals surface area contributed by atoms with Crippen LogP contribution >= 0.6 is 0 Å². The van der Waals surface area contributed by atoms with Crippen LogP contribution in [0.3, 0.4) is 0 Å². The van der Waals surface area contributed by atoms with Crippen molar-refractivity contribution in [1.82, 2.24) is 4.90 Å². The monoisotopic (exact) mass is 305 g/mol. The van der Waals surface area contributed by atoms with Crippen molar-refractivity contribution in [3.8, 4) is 0 Å². The van der Waals surface area contributed by atoms with Gasteiger partial charge in [-0.15, -0.1) is 0 Å². The molecular formula is C17H23NO4. The number of hydrogen-bond acceptors (Lipinski definition) is 4. The highest BCUT2D eigenvalue weighted by atomic mass is 16.6. The van der Waals surface area contributed by atoms with Gasteiger partial charge in [0.2, 0.25) is 0 Å². The van der Waals surface area contributed by atoms with Gasteiger partial charge in [-0.3, -0.25) is 0 Å². The van der Waals surface area contributed by atoms with Crippen LogP contribution in [0.15, 0.2) is 30.3 Å². The maximum Gasteiger partial charge on any atom is 0.410 e. The van der Waals surface area contributed by atoms with Gasteiger partial charge in [-0.1, -0.05) is 30.3 Å². The molecular weight excluding hydrogens is 282 g/mol. The Bertz CT molecular complexity index is 493. The van der Waals surface area contributed by atoms with Crippen molar-refractivity contribution in [1.29, 1.82) is 0 Å². The molecule has 3 rings (SSSR count). The molecule has 1 aromatic carbocycles. The molecule has 1 amide bonds. The molecule has 2 fully saturated rings. The van der Waals surface area contributed by atoms with Gasteiger partial charge in [-0.25, -0.2) is 4.79 Å². The summed E-state index contributed by atoms with van der Waals surface area (Å²) in [6.45, 7) is 2.10. The minimum Gasteiger partial charge on any atom is -0.445 e. The van der Waals surface area contributed by atoms with E-state index >= 15 is 0 Å². The van der Waals surface area contributed by atoms with Gasteiger partial charge in [0.05, 0.1) is 12.7 Å². The molecule has 0 radical (unpaired) electrons. The Kier molecular flexibility index (Phi) is 4.95. The van der Waals surface area contributed by atoms with Crippen molar-refractivity contribution < 1.29 is 19.4 Å². The highest BCUT2D eigenvalue weighted by Crippen LogP contribution is 2.30. The Balaban J connectivity index is 1.58. The highest BCUT2D eigenvalue weighted by Gasteiger charge is 2.40. The lowest BCUT2D eigenvalue weighted by Gasteiger charge is -2.36. The summed E-state index contributed by atoms with van der Waals surface area (Å²) in [5.41, 5.74) is 0.979. The second-order valence-electron chi connectivity index (χ2n) is 6.04. The lowest BCUT2D eigenvalue weighted by atomic mass is 9.89. The molecule has 3 atom stereocenters. The van der Waals surface area contributed by atoms with Crippen LogP contribution in [0.5, 0.6) is 0 Å². The minimum absolute atomic E-state index is 0.000486. The van der Waals surface area contributed by atoms with E-state index in [9.17, 15) is 9.90 Å². The first kappa shape index (κ1) is 15.3. The fourth-order valence-electron chi connectivity index (χ4n) is 3.38. The number of aliphatic hydroxyl groups excluding tert-OH is 1. The Morgan fingerprint density at radius 1 is 1.32 bits per heavy atom. The molecule has 2 heterocycles. The lowest BCUT2D eigenvalue weighted by molar-refractivity contribution is -0.0611. The maximum absolute atomic E-state index is 12.4. The van der Waals surface area contributed by atoms with E-state index in [1.807, 2.05) is 30.3 Å². The Hall–Kier alpha value is -1.59. The van der Waals surface area contributed by atoms with E-state index in [0.29, 0.717) is 26.2 Å². The van der Waals surface area contributed by atoms with E-state index < -0.39 is 0 Å². The first-order chi connectivity index (χ1) is 10.8. The molecule has 0 aliphatic carbocycles. The van der Waals surface area contributed by atoms with Gasteiger partial charge in [-0.05, 0) is 24.8 Å². The number of benzene rings is 1. The van der Waals surface area contributed by atoms with Crippen LogP contribution in [-0.4, -0.2) is 48.0 Å². The highest BCUT2D eigenvalue weighted by molar-refractivity contribution is 5.68. The summed E-state index contributed by atoms with van der Waals surface area (Å²) in [5.74, 6) is 0.000486. The van der Waals surface area contributed by atoms with Crippen molar-refractivity contribution in [3.63, 3.8) is 0 Å². The maximum atomic E-state index is 12.4. The summed E-state index contributed by atoms with van der Waals surface area (Å²) in [7, 11) is 0. The van der Waals surface area contributed by atoms with E-state index in [1.165, 1.54) is 0 Å². The molecule has 22 heavy (non-hydrogen) atoms. The van der Waals surface area contributed by atoms with E-state index in [1.54, 1.807) is 4.90 Å². The van der Waals surface area contributed by atoms with E-state index in [4.69, 9.17) is 9.47 Å². The van der Waals surface area contributed by atoms with Crippen LogP contribution in [0.2, 0.25) is 0 Å². The number of likely N-dealkylation sites (tertiary alicyclic amines) is 1. The molecule has 120 valence electrons. The van der Waals surface area contributed by atoms with Crippen LogP contribution in [-0.2, 0) is 16.1 Å². The molecule has 0 spiro atoms. The summed E-state index contributed by atoms with van der Waals surface area (Å²) >= 11 is 0. The van der Waals surface area contributed by atoms with Gasteiger partial charge in [0.1, 0.15) is 6.61 Å². The molecule has 5 nitrogen and oxygen atoms in total. The predicted molar refractivity (Wildman–Crippen MR) is 81.3 cm³/mol. The number of rotatable bonds is 3. The molecule has 2 aliphatic heterocycles. The van der Waals surface area contributed by atoms with E-state index in [2.05, 4.69) is 0 Å². The van der Waals surface area contributed by atoms with Crippen LogP contribution in [0.1, 0.15) is 24.8 Å². The van der Waals surface area contributed by atoms with Gasteiger partial charge >= 0.3 is 6.09 Å². The Morgan fingerprint density at radius 2 is 2.14 bits per heavy atom. The first-order valence-electron chi connectivity index (χ1n) is 7.99. The van der Waals surface area contributed by atoms with Crippen LogP contribution in [0, 0.1) is 5.92 Å². The van der Waals surface area contributed by atoms with Crippen LogP contribution in [0.4, 0.5) is 4.79 Å². The fraction of sp³-hybridized carbons (Fsp3) is 0.588. The molecule has 0 aromatic heterocycles. The van der Waals surface area contributed by atoms with E-state index in [0.717, 1.165) is 18.4 Å². The molecule has 0 bridgehead atoms. The van der Waals surface area contributed by atoms with Crippen LogP contribution < -0.4 is 0 Å². The summed E-state index contributed by atoms with van der Waals surface area (Å²) in [6, 6.07) is 9.70. The largest absolute Gasteiger partial charge is 0.445 e. The lowest BCUT2D eigenvalue weighted by Crippen LogP contribution is -2.48. The zero-order valence-electron chi connectivity index (χ0n) is 12.7. The summed E-state index contributed by atoms with van der Waals surface area (Å²) < 4.78 is 10.9. The minimum atomic E-state index is -0.388. The van der Waals surface area contributed by atoms with Gasteiger partial charge in [0.15, 0.2) is 0 Å². The second-order valence-corrected chi connectivity index (χ2v) is 6.04. The molecule has 5 heteroatoms.